The number of aryl methyl sites for hydroxylation is 1. The van der Waals surface area contributed by atoms with Crippen molar-refractivity contribution < 1.29 is 0 Å². The largest absolute Gasteiger partial charge is 0.323 e. The van der Waals surface area contributed by atoms with Crippen LogP contribution in [0.1, 0.15) is 35.5 Å². The summed E-state index contributed by atoms with van der Waals surface area (Å²) >= 11 is 13.5. The third kappa shape index (κ3) is 3.66. The van der Waals surface area contributed by atoms with E-state index < -0.39 is 0 Å². The summed E-state index contributed by atoms with van der Waals surface area (Å²) in [5.74, 6) is 0. The van der Waals surface area contributed by atoms with Gasteiger partial charge < -0.3 is 5.73 Å². The molecule has 0 radical (unpaired) electrons. The molecule has 1 unspecified atom stereocenters. The zero-order valence-corrected chi connectivity index (χ0v) is 12.9. The predicted molar refractivity (Wildman–Crippen MR) is 81.0 cm³/mol. The van der Waals surface area contributed by atoms with Gasteiger partial charge >= 0.3 is 0 Å². The molecule has 0 amide bonds. The molecule has 3 nitrogen and oxygen atoms in total. The highest BCUT2D eigenvalue weighted by atomic mass is 35.5. The zero-order chi connectivity index (χ0) is 13.8. The molecule has 1 heterocycles. The molecule has 102 valence electrons. The Morgan fingerprint density at radius 3 is 2.89 bits per heavy atom. The summed E-state index contributed by atoms with van der Waals surface area (Å²) in [5.41, 5.74) is 8.20. The van der Waals surface area contributed by atoms with Crippen LogP contribution >= 0.6 is 34.7 Å². The van der Waals surface area contributed by atoms with E-state index in [1.807, 2.05) is 6.07 Å². The van der Waals surface area contributed by atoms with E-state index in [2.05, 4.69) is 16.5 Å². The number of halogens is 2. The van der Waals surface area contributed by atoms with Gasteiger partial charge in [0, 0.05) is 16.1 Å². The molecule has 6 heteroatoms. The highest BCUT2D eigenvalue weighted by molar-refractivity contribution is 7.05. The Labute approximate surface area is 126 Å². The van der Waals surface area contributed by atoms with Crippen LogP contribution in [-0.2, 0) is 12.8 Å². The second kappa shape index (κ2) is 6.66. The summed E-state index contributed by atoms with van der Waals surface area (Å²) in [7, 11) is 0. The van der Waals surface area contributed by atoms with Crippen molar-refractivity contribution in [2.75, 3.05) is 0 Å². The van der Waals surface area contributed by atoms with Gasteiger partial charge in [-0.3, -0.25) is 0 Å². The third-order valence-electron chi connectivity index (χ3n) is 2.86. The zero-order valence-electron chi connectivity index (χ0n) is 10.6. The Morgan fingerprint density at radius 1 is 1.37 bits per heavy atom. The average molecular weight is 316 g/mol. The molecular formula is C13H15Cl2N3S. The summed E-state index contributed by atoms with van der Waals surface area (Å²) in [5, 5.41) is 5.50. The van der Waals surface area contributed by atoms with Crippen molar-refractivity contribution in [3.63, 3.8) is 0 Å². The summed E-state index contributed by atoms with van der Waals surface area (Å²) in [4.78, 5) is 1.04. The number of hydrogen-bond acceptors (Lipinski definition) is 4. The summed E-state index contributed by atoms with van der Waals surface area (Å²) in [6.07, 6.45) is 2.58. The minimum Gasteiger partial charge on any atom is -0.323 e. The van der Waals surface area contributed by atoms with Crippen molar-refractivity contribution in [3.05, 3.63) is 44.4 Å². The van der Waals surface area contributed by atoms with Gasteiger partial charge in [0.15, 0.2) is 0 Å². The normalized spacial score (nSPS) is 12.6. The SMILES string of the molecule is CCCc1nnsc1C(N)Cc1cc(Cl)ccc1Cl. The van der Waals surface area contributed by atoms with E-state index in [9.17, 15) is 0 Å². The van der Waals surface area contributed by atoms with Gasteiger partial charge in [-0.1, -0.05) is 41.0 Å². The summed E-state index contributed by atoms with van der Waals surface area (Å²) < 4.78 is 4.00. The van der Waals surface area contributed by atoms with Gasteiger partial charge in [0.05, 0.1) is 10.6 Å². The molecule has 0 aliphatic heterocycles. The van der Waals surface area contributed by atoms with Gasteiger partial charge in [-0.2, -0.15) is 0 Å². The highest BCUT2D eigenvalue weighted by Crippen LogP contribution is 2.27. The fraction of sp³-hybridized carbons (Fsp3) is 0.385. The van der Waals surface area contributed by atoms with E-state index in [1.165, 1.54) is 11.5 Å². The van der Waals surface area contributed by atoms with Crippen molar-refractivity contribution in [1.29, 1.82) is 0 Å². The number of hydrogen-bond donors (Lipinski definition) is 1. The van der Waals surface area contributed by atoms with Gasteiger partial charge in [0.25, 0.3) is 0 Å². The molecule has 19 heavy (non-hydrogen) atoms. The maximum absolute atomic E-state index is 6.25. The molecule has 0 saturated carbocycles. The molecule has 1 aromatic heterocycles. The second-order valence-electron chi connectivity index (χ2n) is 4.38. The average Bonchev–Trinajstić information content (AvgIpc) is 2.82. The molecule has 0 bridgehead atoms. The number of nitrogens with zero attached hydrogens (tertiary/aromatic N) is 2. The molecule has 0 aliphatic rings. The monoisotopic (exact) mass is 315 g/mol. The van der Waals surface area contributed by atoms with Crippen LogP contribution in [0.4, 0.5) is 0 Å². The number of aromatic nitrogens is 2. The van der Waals surface area contributed by atoms with E-state index in [-0.39, 0.29) is 6.04 Å². The van der Waals surface area contributed by atoms with Crippen LogP contribution in [0, 0.1) is 0 Å². The Kier molecular flexibility index (Phi) is 5.16. The predicted octanol–water partition coefficient (Wildman–Crippen LogP) is 4.04. The van der Waals surface area contributed by atoms with Gasteiger partial charge in [0.1, 0.15) is 0 Å². The van der Waals surface area contributed by atoms with Crippen LogP contribution in [0.3, 0.4) is 0 Å². The van der Waals surface area contributed by atoms with Crippen molar-refractivity contribution in [1.82, 2.24) is 9.59 Å². The molecule has 2 N–H and O–H groups in total. The summed E-state index contributed by atoms with van der Waals surface area (Å²) in [6, 6.07) is 5.29. The minimum atomic E-state index is -0.141. The molecular weight excluding hydrogens is 301 g/mol. The quantitative estimate of drug-likeness (QED) is 0.905. The van der Waals surface area contributed by atoms with E-state index in [1.54, 1.807) is 12.1 Å². The molecule has 0 aliphatic carbocycles. The van der Waals surface area contributed by atoms with Crippen molar-refractivity contribution in [2.45, 2.75) is 32.2 Å². The Bertz CT molecular complexity index is 557. The lowest BCUT2D eigenvalue weighted by atomic mass is 10.0. The van der Waals surface area contributed by atoms with E-state index in [0.29, 0.717) is 16.5 Å². The van der Waals surface area contributed by atoms with Crippen LogP contribution in [0.5, 0.6) is 0 Å². The van der Waals surface area contributed by atoms with Crippen LogP contribution < -0.4 is 5.73 Å². The summed E-state index contributed by atoms with van der Waals surface area (Å²) in [6.45, 7) is 2.11. The van der Waals surface area contributed by atoms with Crippen LogP contribution in [-0.4, -0.2) is 9.59 Å². The standard InChI is InChI=1S/C13H15Cl2N3S/c1-2-3-12-13(19-18-17-12)11(16)7-8-6-9(14)4-5-10(8)15/h4-6,11H,2-3,7,16H2,1H3. The topological polar surface area (TPSA) is 51.8 Å². The van der Waals surface area contributed by atoms with Gasteiger partial charge in [-0.25, -0.2) is 0 Å². The Morgan fingerprint density at radius 2 is 2.16 bits per heavy atom. The number of nitrogens with two attached hydrogens (primary N) is 1. The van der Waals surface area contributed by atoms with Crippen LogP contribution in [0.15, 0.2) is 18.2 Å². The maximum Gasteiger partial charge on any atom is 0.0803 e. The smallest absolute Gasteiger partial charge is 0.0803 e. The molecule has 0 spiro atoms. The molecule has 0 saturated heterocycles. The third-order valence-corrected chi connectivity index (χ3v) is 4.36. The second-order valence-corrected chi connectivity index (χ2v) is 6.01. The van der Waals surface area contributed by atoms with E-state index in [4.69, 9.17) is 28.9 Å². The maximum atomic E-state index is 6.25. The fourth-order valence-corrected chi connectivity index (χ4v) is 3.02. The minimum absolute atomic E-state index is 0.141. The van der Waals surface area contributed by atoms with E-state index >= 15 is 0 Å². The molecule has 2 aromatic rings. The van der Waals surface area contributed by atoms with E-state index in [0.717, 1.165) is 29.0 Å². The van der Waals surface area contributed by atoms with Gasteiger partial charge in [0.2, 0.25) is 0 Å². The Hall–Kier alpha value is -0.680. The molecule has 1 atom stereocenters. The van der Waals surface area contributed by atoms with Crippen LogP contribution in [0.25, 0.3) is 0 Å². The fourth-order valence-electron chi connectivity index (χ4n) is 1.94. The Balaban J connectivity index is 2.18. The molecule has 0 fully saturated rings. The first-order valence-corrected chi connectivity index (χ1v) is 7.65. The highest BCUT2D eigenvalue weighted by Gasteiger charge is 2.17. The first-order chi connectivity index (χ1) is 9.11. The lowest BCUT2D eigenvalue weighted by Crippen LogP contribution is -2.14. The van der Waals surface area contributed by atoms with Gasteiger partial charge in [-0.15, -0.1) is 5.10 Å². The van der Waals surface area contributed by atoms with Gasteiger partial charge in [-0.05, 0) is 48.1 Å². The lowest BCUT2D eigenvalue weighted by molar-refractivity contribution is 0.715. The van der Waals surface area contributed by atoms with Crippen molar-refractivity contribution in [3.8, 4) is 0 Å². The van der Waals surface area contributed by atoms with Crippen molar-refractivity contribution >= 4 is 34.7 Å². The first kappa shape index (κ1) is 14.7. The molecule has 1 aromatic carbocycles. The van der Waals surface area contributed by atoms with Crippen molar-refractivity contribution in [2.24, 2.45) is 5.73 Å². The number of rotatable bonds is 5. The van der Waals surface area contributed by atoms with Crippen LogP contribution in [0.2, 0.25) is 10.0 Å². The molecule has 2 rings (SSSR count). The first-order valence-electron chi connectivity index (χ1n) is 6.12. The number of benzene rings is 1. The lowest BCUT2D eigenvalue weighted by Gasteiger charge is -2.12.